The van der Waals surface area contributed by atoms with Gasteiger partial charge in [-0.25, -0.2) is 0 Å². The van der Waals surface area contributed by atoms with Crippen LogP contribution in [-0.4, -0.2) is 71.8 Å². The third kappa shape index (κ3) is 4.15. The maximum atomic E-state index is 12.8. The van der Waals surface area contributed by atoms with Crippen molar-refractivity contribution in [3.05, 3.63) is 29.8 Å². The minimum absolute atomic E-state index is 0.0432. The van der Waals surface area contributed by atoms with E-state index in [1.54, 1.807) is 0 Å². The predicted molar refractivity (Wildman–Crippen MR) is 107 cm³/mol. The van der Waals surface area contributed by atoms with Gasteiger partial charge in [-0.1, -0.05) is 12.1 Å². The number of rotatable bonds is 8. The van der Waals surface area contributed by atoms with Crippen molar-refractivity contribution in [3.8, 4) is 5.75 Å². The van der Waals surface area contributed by atoms with Crippen molar-refractivity contribution in [1.82, 2.24) is 14.7 Å². The van der Waals surface area contributed by atoms with Crippen molar-refractivity contribution in [3.63, 3.8) is 0 Å². The Morgan fingerprint density at radius 1 is 1.07 bits per heavy atom. The molecule has 3 aliphatic heterocycles. The predicted octanol–water partition coefficient (Wildman–Crippen LogP) is 1.51. The summed E-state index contributed by atoms with van der Waals surface area (Å²) < 4.78 is 5.56. The molecule has 0 unspecified atom stereocenters. The number of nitrogens with zero attached hydrogens (tertiary/aromatic N) is 3. The molecule has 0 aromatic heterocycles. The average Bonchev–Trinajstić information content (AvgIpc) is 3.36. The van der Waals surface area contributed by atoms with Crippen LogP contribution in [0.3, 0.4) is 0 Å². The molecule has 7 nitrogen and oxygen atoms in total. The van der Waals surface area contributed by atoms with Crippen LogP contribution >= 0.6 is 0 Å². The van der Waals surface area contributed by atoms with Crippen molar-refractivity contribution < 1.29 is 19.1 Å². The lowest BCUT2D eigenvalue weighted by Crippen LogP contribution is -2.38. The summed E-state index contributed by atoms with van der Waals surface area (Å²) in [6.45, 7) is 6.39. The van der Waals surface area contributed by atoms with E-state index in [1.807, 2.05) is 36.1 Å². The topological polar surface area (TPSA) is 70.2 Å². The molecule has 1 aromatic carbocycles. The fourth-order valence-electron chi connectivity index (χ4n) is 4.76. The molecule has 7 heteroatoms. The summed E-state index contributed by atoms with van der Waals surface area (Å²) in [6.07, 6.45) is 2.19. The van der Waals surface area contributed by atoms with E-state index in [0.29, 0.717) is 52.2 Å². The SMILES string of the molecule is CCOc1cccc(CN2C[C@@H]3C(=O)N(CCCN4CCCC4=O)C(=O)[C@@H]3C2)c1. The number of carbonyl (C=O) groups excluding carboxylic acids is 3. The summed E-state index contributed by atoms with van der Waals surface area (Å²) in [5.41, 5.74) is 1.13. The Bertz CT molecular complexity index is 772. The van der Waals surface area contributed by atoms with E-state index in [1.165, 1.54) is 4.90 Å². The van der Waals surface area contributed by atoms with Crippen molar-refractivity contribution in [1.29, 1.82) is 0 Å². The Hall–Kier alpha value is -2.41. The number of likely N-dealkylation sites (tertiary alicyclic amines) is 3. The van der Waals surface area contributed by atoms with Crippen LogP contribution in [0.15, 0.2) is 24.3 Å². The third-order valence-electron chi connectivity index (χ3n) is 6.16. The molecule has 0 spiro atoms. The molecule has 3 aliphatic rings. The van der Waals surface area contributed by atoms with Crippen LogP contribution in [0.1, 0.15) is 31.7 Å². The maximum Gasteiger partial charge on any atom is 0.234 e. The molecule has 3 fully saturated rings. The quantitative estimate of drug-likeness (QED) is 0.620. The molecule has 2 atom stereocenters. The highest BCUT2D eigenvalue weighted by Gasteiger charge is 2.51. The van der Waals surface area contributed by atoms with Crippen LogP contribution in [0.2, 0.25) is 0 Å². The molecule has 4 rings (SSSR count). The van der Waals surface area contributed by atoms with E-state index in [9.17, 15) is 14.4 Å². The normalized spacial score (nSPS) is 24.7. The van der Waals surface area contributed by atoms with E-state index < -0.39 is 0 Å². The zero-order chi connectivity index (χ0) is 20.4. The van der Waals surface area contributed by atoms with Gasteiger partial charge < -0.3 is 9.64 Å². The van der Waals surface area contributed by atoms with Gasteiger partial charge in [0.1, 0.15) is 5.75 Å². The van der Waals surface area contributed by atoms with Gasteiger partial charge in [-0.15, -0.1) is 0 Å². The molecule has 29 heavy (non-hydrogen) atoms. The van der Waals surface area contributed by atoms with Crippen LogP contribution < -0.4 is 4.74 Å². The van der Waals surface area contributed by atoms with Gasteiger partial charge >= 0.3 is 0 Å². The third-order valence-corrected chi connectivity index (χ3v) is 6.16. The molecule has 0 radical (unpaired) electrons. The summed E-state index contributed by atoms with van der Waals surface area (Å²) in [5.74, 6) is 0.484. The van der Waals surface area contributed by atoms with Crippen LogP contribution in [0.5, 0.6) is 5.75 Å². The van der Waals surface area contributed by atoms with Crippen LogP contribution in [-0.2, 0) is 20.9 Å². The molecule has 156 valence electrons. The van der Waals surface area contributed by atoms with Crippen molar-refractivity contribution in [2.24, 2.45) is 11.8 Å². The number of hydrogen-bond acceptors (Lipinski definition) is 5. The molecule has 0 aliphatic carbocycles. The molecule has 1 aromatic rings. The first kappa shape index (κ1) is 19.9. The lowest BCUT2D eigenvalue weighted by Gasteiger charge is -2.22. The molecule has 0 bridgehead atoms. The van der Waals surface area contributed by atoms with Crippen molar-refractivity contribution >= 4 is 17.7 Å². The average molecular weight is 399 g/mol. The number of ether oxygens (including phenoxy) is 1. The van der Waals surface area contributed by atoms with E-state index in [-0.39, 0.29) is 29.6 Å². The highest BCUT2D eigenvalue weighted by atomic mass is 16.5. The van der Waals surface area contributed by atoms with E-state index in [0.717, 1.165) is 24.3 Å². The first-order valence-electron chi connectivity index (χ1n) is 10.6. The first-order valence-corrected chi connectivity index (χ1v) is 10.6. The highest BCUT2D eigenvalue weighted by molar-refractivity contribution is 6.05. The number of imide groups is 1. The van der Waals surface area contributed by atoms with Crippen molar-refractivity contribution in [2.45, 2.75) is 32.7 Å². The monoisotopic (exact) mass is 399 g/mol. The lowest BCUT2D eigenvalue weighted by atomic mass is 10.00. The number of hydrogen-bond donors (Lipinski definition) is 0. The van der Waals surface area contributed by atoms with Crippen molar-refractivity contribution in [2.75, 3.05) is 39.3 Å². The lowest BCUT2D eigenvalue weighted by molar-refractivity contribution is -0.140. The van der Waals surface area contributed by atoms with Gasteiger partial charge in [-0.05, 0) is 37.5 Å². The van der Waals surface area contributed by atoms with Gasteiger partial charge in [0.2, 0.25) is 17.7 Å². The summed E-state index contributed by atoms with van der Waals surface area (Å²) in [6, 6.07) is 7.98. The molecule has 3 heterocycles. The Labute approximate surface area is 171 Å². The van der Waals surface area contributed by atoms with E-state index >= 15 is 0 Å². The minimum Gasteiger partial charge on any atom is -0.494 e. The Balaban J connectivity index is 1.30. The highest BCUT2D eigenvalue weighted by Crippen LogP contribution is 2.34. The second-order valence-corrected chi connectivity index (χ2v) is 8.15. The zero-order valence-corrected chi connectivity index (χ0v) is 17.0. The fraction of sp³-hybridized carbons (Fsp3) is 0.591. The fourth-order valence-corrected chi connectivity index (χ4v) is 4.76. The van der Waals surface area contributed by atoms with Gasteiger partial charge in [0.15, 0.2) is 0 Å². The largest absolute Gasteiger partial charge is 0.494 e. The standard InChI is InChI=1S/C22H29N3O4/c1-2-29-17-7-3-6-16(12-17)13-23-14-18-19(15-23)22(28)25(21(18)27)11-5-10-24-9-4-8-20(24)26/h3,6-7,12,18-19H,2,4-5,8-11,13-15H2,1H3/t18-,19+. The maximum absolute atomic E-state index is 12.8. The summed E-state index contributed by atoms with van der Waals surface area (Å²) >= 11 is 0. The summed E-state index contributed by atoms with van der Waals surface area (Å²) in [5, 5.41) is 0. The van der Waals surface area contributed by atoms with Gasteiger partial charge in [0.05, 0.1) is 18.4 Å². The molecule has 3 saturated heterocycles. The smallest absolute Gasteiger partial charge is 0.234 e. The number of fused-ring (bicyclic) bond motifs is 1. The Morgan fingerprint density at radius 2 is 1.83 bits per heavy atom. The Kier molecular flexibility index (Phi) is 5.85. The minimum atomic E-state index is -0.231. The van der Waals surface area contributed by atoms with Gasteiger partial charge in [0, 0.05) is 45.7 Å². The van der Waals surface area contributed by atoms with E-state index in [2.05, 4.69) is 4.90 Å². The summed E-state index contributed by atoms with van der Waals surface area (Å²) in [4.78, 5) is 42.8. The number of carbonyl (C=O) groups is 3. The van der Waals surface area contributed by atoms with Crippen LogP contribution in [0.25, 0.3) is 0 Å². The molecule has 0 saturated carbocycles. The van der Waals surface area contributed by atoms with Gasteiger partial charge in [-0.3, -0.25) is 24.2 Å². The molecule has 3 amide bonds. The van der Waals surface area contributed by atoms with Crippen LogP contribution in [0.4, 0.5) is 0 Å². The van der Waals surface area contributed by atoms with Crippen LogP contribution in [0, 0.1) is 11.8 Å². The first-order chi connectivity index (χ1) is 14.1. The molecule has 0 N–H and O–H groups in total. The molecular formula is C22H29N3O4. The van der Waals surface area contributed by atoms with E-state index in [4.69, 9.17) is 4.74 Å². The Morgan fingerprint density at radius 3 is 2.48 bits per heavy atom. The second-order valence-electron chi connectivity index (χ2n) is 8.15. The van der Waals surface area contributed by atoms with Gasteiger partial charge in [-0.2, -0.15) is 0 Å². The zero-order valence-electron chi connectivity index (χ0n) is 17.0. The number of amides is 3. The number of benzene rings is 1. The molecular weight excluding hydrogens is 370 g/mol. The summed E-state index contributed by atoms with van der Waals surface area (Å²) in [7, 11) is 0. The second kappa shape index (κ2) is 8.53. The van der Waals surface area contributed by atoms with Gasteiger partial charge in [0.25, 0.3) is 0 Å².